The lowest BCUT2D eigenvalue weighted by molar-refractivity contribution is 0.147. The second-order valence-electron chi connectivity index (χ2n) is 4.16. The highest BCUT2D eigenvalue weighted by atomic mass is 16.5. The van der Waals surface area contributed by atoms with Crippen LogP contribution in [0.2, 0.25) is 0 Å². The quantitative estimate of drug-likeness (QED) is 0.658. The van der Waals surface area contributed by atoms with Crippen molar-refractivity contribution in [1.29, 1.82) is 0 Å². The Kier molecular flexibility index (Phi) is 6.88. The molecule has 0 bridgehead atoms. The van der Waals surface area contributed by atoms with E-state index >= 15 is 0 Å². The summed E-state index contributed by atoms with van der Waals surface area (Å²) in [5.74, 6) is 0.990. The third kappa shape index (κ3) is 6.19. The Labute approximate surface area is 114 Å². The van der Waals surface area contributed by atoms with Gasteiger partial charge in [0.2, 0.25) is 11.9 Å². The lowest BCUT2D eigenvalue weighted by atomic mass is 10.4. The highest BCUT2D eigenvalue weighted by Gasteiger charge is 2.07. The largest absolute Gasteiger partial charge is 0.461 e. The van der Waals surface area contributed by atoms with Crippen LogP contribution >= 0.6 is 0 Å². The molecule has 0 saturated carbocycles. The number of ether oxygens (including phenoxy) is 2. The van der Waals surface area contributed by atoms with E-state index in [1.54, 1.807) is 7.05 Å². The van der Waals surface area contributed by atoms with E-state index in [9.17, 15) is 0 Å². The van der Waals surface area contributed by atoms with Gasteiger partial charge in [-0.1, -0.05) is 0 Å². The molecule has 0 atom stereocenters. The van der Waals surface area contributed by atoms with E-state index in [4.69, 9.17) is 9.47 Å². The molecule has 7 heteroatoms. The number of aromatic nitrogens is 3. The molecule has 1 heterocycles. The van der Waals surface area contributed by atoms with Crippen molar-refractivity contribution >= 4 is 11.9 Å². The van der Waals surface area contributed by atoms with Crippen LogP contribution in [0.5, 0.6) is 6.01 Å². The summed E-state index contributed by atoms with van der Waals surface area (Å²) in [7, 11) is 1.76. The fourth-order valence-electron chi connectivity index (χ4n) is 1.33. The lowest BCUT2D eigenvalue weighted by Crippen LogP contribution is -2.14. The van der Waals surface area contributed by atoms with Crippen molar-refractivity contribution in [3.63, 3.8) is 0 Å². The van der Waals surface area contributed by atoms with Crippen molar-refractivity contribution in [3.8, 4) is 6.01 Å². The van der Waals surface area contributed by atoms with Crippen LogP contribution in [0.1, 0.15) is 27.2 Å². The SMILES string of the molecule is CCOCCCNc1nc(NC)nc(OC(C)C)n1. The summed E-state index contributed by atoms with van der Waals surface area (Å²) in [5, 5.41) is 6.01. The molecule has 1 aromatic heterocycles. The van der Waals surface area contributed by atoms with Crippen molar-refractivity contribution in [2.24, 2.45) is 0 Å². The number of hydrogen-bond donors (Lipinski definition) is 2. The van der Waals surface area contributed by atoms with E-state index < -0.39 is 0 Å². The molecular formula is C12H23N5O2. The zero-order chi connectivity index (χ0) is 14.1. The normalized spacial score (nSPS) is 10.6. The summed E-state index contributed by atoms with van der Waals surface area (Å²) in [4.78, 5) is 12.5. The minimum atomic E-state index is 0.0258. The van der Waals surface area contributed by atoms with Crippen LogP contribution in [0.25, 0.3) is 0 Å². The van der Waals surface area contributed by atoms with Crippen LogP contribution in [0.4, 0.5) is 11.9 Å². The summed E-state index contributed by atoms with van der Waals surface area (Å²) < 4.78 is 10.7. The molecule has 0 aromatic carbocycles. The van der Waals surface area contributed by atoms with Gasteiger partial charge in [0, 0.05) is 26.8 Å². The van der Waals surface area contributed by atoms with Gasteiger partial charge in [-0.05, 0) is 27.2 Å². The van der Waals surface area contributed by atoms with Crippen molar-refractivity contribution in [2.45, 2.75) is 33.3 Å². The van der Waals surface area contributed by atoms with Gasteiger partial charge in [-0.15, -0.1) is 0 Å². The summed E-state index contributed by atoms with van der Waals surface area (Å²) in [6.45, 7) is 8.04. The Balaban J connectivity index is 2.55. The predicted molar refractivity (Wildman–Crippen MR) is 74.7 cm³/mol. The van der Waals surface area contributed by atoms with Crippen molar-refractivity contribution < 1.29 is 9.47 Å². The number of rotatable bonds is 9. The number of anilines is 2. The molecule has 7 nitrogen and oxygen atoms in total. The Morgan fingerprint density at radius 3 is 2.53 bits per heavy atom. The van der Waals surface area contributed by atoms with Crippen molar-refractivity contribution in [2.75, 3.05) is 37.4 Å². The Hall–Kier alpha value is -1.63. The van der Waals surface area contributed by atoms with E-state index in [0.717, 1.165) is 26.2 Å². The smallest absolute Gasteiger partial charge is 0.323 e. The Bertz CT molecular complexity index is 373. The molecule has 0 saturated heterocycles. The van der Waals surface area contributed by atoms with Gasteiger partial charge in [0.05, 0.1) is 6.10 Å². The van der Waals surface area contributed by atoms with Crippen LogP contribution in [-0.2, 0) is 4.74 Å². The van der Waals surface area contributed by atoms with Crippen LogP contribution in [0.3, 0.4) is 0 Å². The number of nitrogens with one attached hydrogen (secondary N) is 2. The summed E-state index contributed by atoms with van der Waals surface area (Å²) in [6, 6.07) is 0.321. The maximum absolute atomic E-state index is 5.48. The Morgan fingerprint density at radius 1 is 1.16 bits per heavy atom. The molecule has 0 aliphatic carbocycles. The van der Waals surface area contributed by atoms with Gasteiger partial charge < -0.3 is 20.1 Å². The monoisotopic (exact) mass is 269 g/mol. The van der Waals surface area contributed by atoms with Gasteiger partial charge in [-0.3, -0.25) is 0 Å². The second kappa shape index (κ2) is 8.47. The number of nitrogens with zero attached hydrogens (tertiary/aromatic N) is 3. The van der Waals surface area contributed by atoms with Crippen LogP contribution in [-0.4, -0.2) is 47.9 Å². The maximum atomic E-state index is 5.48. The van der Waals surface area contributed by atoms with Crippen LogP contribution in [0.15, 0.2) is 0 Å². The third-order valence-electron chi connectivity index (χ3n) is 2.13. The van der Waals surface area contributed by atoms with Gasteiger partial charge in [-0.2, -0.15) is 15.0 Å². The molecule has 1 aromatic rings. The van der Waals surface area contributed by atoms with Crippen LogP contribution < -0.4 is 15.4 Å². The molecule has 108 valence electrons. The van der Waals surface area contributed by atoms with E-state index in [0.29, 0.717) is 17.9 Å². The maximum Gasteiger partial charge on any atom is 0.323 e. The average molecular weight is 269 g/mol. The molecule has 0 fully saturated rings. The minimum absolute atomic E-state index is 0.0258. The van der Waals surface area contributed by atoms with Crippen molar-refractivity contribution in [1.82, 2.24) is 15.0 Å². The van der Waals surface area contributed by atoms with Gasteiger partial charge in [0.15, 0.2) is 0 Å². The van der Waals surface area contributed by atoms with E-state index in [1.165, 1.54) is 0 Å². The zero-order valence-corrected chi connectivity index (χ0v) is 12.1. The molecule has 0 unspecified atom stereocenters. The molecule has 0 radical (unpaired) electrons. The molecule has 0 aliphatic heterocycles. The first kappa shape index (κ1) is 15.4. The fraction of sp³-hybridized carbons (Fsp3) is 0.750. The van der Waals surface area contributed by atoms with Crippen molar-refractivity contribution in [3.05, 3.63) is 0 Å². The van der Waals surface area contributed by atoms with E-state index in [2.05, 4.69) is 25.6 Å². The van der Waals surface area contributed by atoms with Gasteiger partial charge in [-0.25, -0.2) is 0 Å². The molecule has 0 aliphatic rings. The van der Waals surface area contributed by atoms with E-state index in [1.807, 2.05) is 20.8 Å². The van der Waals surface area contributed by atoms with Crippen LogP contribution in [0, 0.1) is 0 Å². The third-order valence-corrected chi connectivity index (χ3v) is 2.13. The van der Waals surface area contributed by atoms with Gasteiger partial charge >= 0.3 is 6.01 Å². The predicted octanol–water partition coefficient (Wildman–Crippen LogP) is 1.54. The number of hydrogen-bond acceptors (Lipinski definition) is 7. The summed E-state index contributed by atoms with van der Waals surface area (Å²) >= 11 is 0. The summed E-state index contributed by atoms with van der Waals surface area (Å²) in [5.41, 5.74) is 0. The first-order chi connectivity index (χ1) is 9.15. The molecule has 19 heavy (non-hydrogen) atoms. The first-order valence-corrected chi connectivity index (χ1v) is 6.57. The lowest BCUT2D eigenvalue weighted by Gasteiger charge is -2.11. The van der Waals surface area contributed by atoms with Gasteiger partial charge in [0.25, 0.3) is 0 Å². The molecule has 1 rings (SSSR count). The average Bonchev–Trinajstić information content (AvgIpc) is 2.37. The molecule has 2 N–H and O–H groups in total. The molecule has 0 amide bonds. The van der Waals surface area contributed by atoms with E-state index in [-0.39, 0.29) is 6.10 Å². The Morgan fingerprint density at radius 2 is 1.89 bits per heavy atom. The van der Waals surface area contributed by atoms with Gasteiger partial charge in [0.1, 0.15) is 0 Å². The fourth-order valence-corrected chi connectivity index (χ4v) is 1.33. The standard InChI is InChI=1S/C12H23N5O2/c1-5-18-8-6-7-14-11-15-10(13-4)16-12(17-11)19-9(2)3/h9H,5-8H2,1-4H3,(H2,13,14,15,16,17). The second-order valence-corrected chi connectivity index (χ2v) is 4.16. The topological polar surface area (TPSA) is 81.2 Å². The highest BCUT2D eigenvalue weighted by molar-refractivity contribution is 5.35. The minimum Gasteiger partial charge on any atom is -0.461 e. The summed E-state index contributed by atoms with van der Waals surface area (Å²) in [6.07, 6.45) is 0.923. The molecular weight excluding hydrogens is 246 g/mol. The zero-order valence-electron chi connectivity index (χ0n) is 12.1. The highest BCUT2D eigenvalue weighted by Crippen LogP contribution is 2.12. The first-order valence-electron chi connectivity index (χ1n) is 6.57. The molecule has 0 spiro atoms.